The Bertz CT molecular complexity index is 763. The first-order valence-corrected chi connectivity index (χ1v) is 7.53. The highest BCUT2D eigenvalue weighted by Crippen LogP contribution is 2.26. The molecule has 0 amide bonds. The van der Waals surface area contributed by atoms with E-state index in [1.807, 2.05) is 0 Å². The monoisotopic (exact) mass is 344 g/mol. The summed E-state index contributed by atoms with van der Waals surface area (Å²) in [5.74, 6) is 0.860. The lowest BCUT2D eigenvalue weighted by molar-refractivity contribution is 0.104. The number of allylic oxidation sites excluding steroid dienone is 1. The second kappa shape index (κ2) is 8.22. The maximum absolute atomic E-state index is 12.2. The Hall–Kier alpha value is -2.72. The Labute approximate surface area is 145 Å². The van der Waals surface area contributed by atoms with Crippen LogP contribution in [-0.4, -0.2) is 24.6 Å². The molecule has 0 aliphatic rings. The van der Waals surface area contributed by atoms with E-state index >= 15 is 0 Å². The van der Waals surface area contributed by atoms with Gasteiger partial charge in [-0.3, -0.25) is 4.79 Å². The Morgan fingerprint density at radius 3 is 2.54 bits per heavy atom. The van der Waals surface area contributed by atoms with E-state index < -0.39 is 0 Å². The van der Waals surface area contributed by atoms with Gasteiger partial charge in [-0.05, 0) is 48.0 Å². The molecule has 1 N–H and O–H groups in total. The van der Waals surface area contributed by atoms with Gasteiger partial charge in [-0.25, -0.2) is 0 Å². The van der Waals surface area contributed by atoms with Gasteiger partial charge in [0.05, 0.1) is 7.11 Å². The van der Waals surface area contributed by atoms with E-state index in [1.54, 1.807) is 42.5 Å². The number of phenols is 1. The van der Waals surface area contributed by atoms with Crippen molar-refractivity contribution in [1.29, 1.82) is 0 Å². The Kier molecular flexibility index (Phi) is 6.04. The number of ether oxygens (including phenoxy) is 2. The van der Waals surface area contributed by atoms with Crippen molar-refractivity contribution >= 4 is 23.5 Å². The quantitative estimate of drug-likeness (QED) is 0.596. The van der Waals surface area contributed by atoms with E-state index in [9.17, 15) is 9.90 Å². The highest BCUT2D eigenvalue weighted by molar-refractivity contribution is 6.29. The largest absolute Gasteiger partial charge is 0.504 e. The van der Waals surface area contributed by atoms with Crippen molar-refractivity contribution in [1.82, 2.24) is 0 Å². The van der Waals surface area contributed by atoms with Crippen LogP contribution in [0.2, 0.25) is 0 Å². The lowest BCUT2D eigenvalue weighted by atomic mass is 10.1. The first-order chi connectivity index (χ1) is 11.5. The molecule has 0 saturated heterocycles. The zero-order valence-corrected chi connectivity index (χ0v) is 13.9. The summed E-state index contributed by atoms with van der Waals surface area (Å²) in [6.45, 7) is 3.76. The molecule has 0 aromatic heterocycles. The van der Waals surface area contributed by atoms with E-state index in [4.69, 9.17) is 21.1 Å². The second-order valence-electron chi connectivity index (χ2n) is 4.96. The molecule has 5 heteroatoms. The number of aromatic hydroxyl groups is 1. The van der Waals surface area contributed by atoms with Gasteiger partial charge in [-0.15, -0.1) is 0 Å². The lowest BCUT2D eigenvalue weighted by Gasteiger charge is -2.05. The molecule has 0 atom stereocenters. The van der Waals surface area contributed by atoms with E-state index in [0.717, 1.165) is 0 Å². The van der Waals surface area contributed by atoms with Crippen LogP contribution in [0.1, 0.15) is 15.9 Å². The number of hydrogen-bond donors (Lipinski definition) is 1. The number of benzene rings is 2. The fraction of sp³-hybridized carbons (Fsp3) is 0.105. The third-order valence-electron chi connectivity index (χ3n) is 3.16. The number of methoxy groups -OCH3 is 1. The van der Waals surface area contributed by atoms with Crippen molar-refractivity contribution in [2.24, 2.45) is 0 Å². The molecule has 2 aromatic carbocycles. The third-order valence-corrected chi connectivity index (χ3v) is 3.27. The number of hydrogen-bond acceptors (Lipinski definition) is 4. The maximum atomic E-state index is 12.2. The van der Waals surface area contributed by atoms with Gasteiger partial charge in [-0.1, -0.05) is 30.3 Å². The lowest BCUT2D eigenvalue weighted by Crippen LogP contribution is -1.98. The van der Waals surface area contributed by atoms with Crippen LogP contribution >= 0.6 is 11.6 Å². The Balaban J connectivity index is 2.03. The third kappa shape index (κ3) is 4.89. The minimum atomic E-state index is -0.154. The van der Waals surface area contributed by atoms with Crippen molar-refractivity contribution < 1.29 is 19.4 Å². The van der Waals surface area contributed by atoms with E-state index in [2.05, 4.69) is 6.58 Å². The predicted molar refractivity (Wildman–Crippen MR) is 95.0 cm³/mol. The zero-order chi connectivity index (χ0) is 17.5. The van der Waals surface area contributed by atoms with Gasteiger partial charge >= 0.3 is 0 Å². The summed E-state index contributed by atoms with van der Waals surface area (Å²) >= 11 is 5.63. The van der Waals surface area contributed by atoms with Crippen molar-refractivity contribution in [3.8, 4) is 17.2 Å². The summed E-state index contributed by atoms with van der Waals surface area (Å²) < 4.78 is 10.3. The summed E-state index contributed by atoms with van der Waals surface area (Å²) in [6.07, 6.45) is 3.07. The molecule has 0 saturated carbocycles. The van der Waals surface area contributed by atoms with Crippen LogP contribution in [0.15, 0.2) is 60.2 Å². The van der Waals surface area contributed by atoms with E-state index in [1.165, 1.54) is 19.3 Å². The number of carbonyl (C=O) groups excluding carboxylic acids is 1. The molecule has 0 fully saturated rings. The number of carbonyl (C=O) groups is 1. The second-order valence-corrected chi connectivity index (χ2v) is 5.49. The molecule has 0 radical (unpaired) electrons. The summed E-state index contributed by atoms with van der Waals surface area (Å²) in [5, 5.41) is 10.1. The average molecular weight is 345 g/mol. The van der Waals surface area contributed by atoms with Crippen molar-refractivity contribution in [3.63, 3.8) is 0 Å². The molecule has 2 rings (SSSR count). The molecule has 0 bridgehead atoms. The van der Waals surface area contributed by atoms with Gasteiger partial charge in [0.15, 0.2) is 17.3 Å². The minimum absolute atomic E-state index is 0.0227. The van der Waals surface area contributed by atoms with Crippen LogP contribution in [-0.2, 0) is 0 Å². The van der Waals surface area contributed by atoms with Crippen LogP contribution in [0.25, 0.3) is 6.08 Å². The normalized spacial score (nSPS) is 10.6. The highest BCUT2D eigenvalue weighted by Gasteiger charge is 2.04. The number of ketones is 1. The maximum Gasteiger partial charge on any atom is 0.185 e. The van der Waals surface area contributed by atoms with Crippen LogP contribution in [0.3, 0.4) is 0 Å². The molecule has 24 heavy (non-hydrogen) atoms. The van der Waals surface area contributed by atoms with Crippen molar-refractivity contribution in [2.75, 3.05) is 13.7 Å². The molecule has 0 aliphatic carbocycles. The number of rotatable bonds is 7. The van der Waals surface area contributed by atoms with Gasteiger partial charge in [-0.2, -0.15) is 0 Å². The van der Waals surface area contributed by atoms with Crippen LogP contribution in [0.4, 0.5) is 0 Å². The Morgan fingerprint density at radius 2 is 1.96 bits per heavy atom. The van der Waals surface area contributed by atoms with Crippen LogP contribution in [0, 0.1) is 0 Å². The summed E-state index contributed by atoms with van der Waals surface area (Å²) in [5.41, 5.74) is 1.23. The standard InChI is InChI=1S/C19H17ClO4/c1-13(20)12-24-16-7-5-15(6-8-16)17(21)9-3-14-4-10-19(23-2)18(22)11-14/h3-11,22H,1,12H2,2H3/b9-3+. The summed E-state index contributed by atoms with van der Waals surface area (Å²) in [7, 11) is 1.48. The topological polar surface area (TPSA) is 55.8 Å². The van der Waals surface area contributed by atoms with Crippen molar-refractivity contribution in [2.45, 2.75) is 0 Å². The fourth-order valence-corrected chi connectivity index (χ4v) is 2.01. The predicted octanol–water partition coefficient (Wildman–Crippen LogP) is 4.43. The summed E-state index contributed by atoms with van der Waals surface area (Å²) in [6, 6.07) is 11.6. The highest BCUT2D eigenvalue weighted by atomic mass is 35.5. The molecule has 4 nitrogen and oxygen atoms in total. The zero-order valence-electron chi connectivity index (χ0n) is 13.2. The molecule has 2 aromatic rings. The molecule has 0 unspecified atom stereocenters. The van der Waals surface area contributed by atoms with Gasteiger partial charge < -0.3 is 14.6 Å². The number of halogens is 1. The van der Waals surface area contributed by atoms with E-state index in [-0.39, 0.29) is 18.1 Å². The molecular weight excluding hydrogens is 328 g/mol. The van der Waals surface area contributed by atoms with Gasteiger partial charge in [0.1, 0.15) is 12.4 Å². The molecule has 0 heterocycles. The smallest absolute Gasteiger partial charge is 0.185 e. The summed E-state index contributed by atoms with van der Waals surface area (Å²) in [4.78, 5) is 12.2. The Morgan fingerprint density at radius 1 is 1.25 bits per heavy atom. The first-order valence-electron chi connectivity index (χ1n) is 7.15. The van der Waals surface area contributed by atoms with Gasteiger partial charge in [0, 0.05) is 10.6 Å². The fourth-order valence-electron chi connectivity index (χ4n) is 1.96. The average Bonchev–Trinajstić information content (AvgIpc) is 2.58. The van der Waals surface area contributed by atoms with Crippen molar-refractivity contribution in [3.05, 3.63) is 71.3 Å². The molecular formula is C19H17ClO4. The minimum Gasteiger partial charge on any atom is -0.504 e. The van der Waals surface area contributed by atoms with Gasteiger partial charge in [0.25, 0.3) is 0 Å². The van der Waals surface area contributed by atoms with E-state index in [0.29, 0.717) is 27.7 Å². The SMILES string of the molecule is C=C(Cl)COc1ccc(C(=O)/C=C/c2ccc(OC)c(O)c2)cc1. The first kappa shape index (κ1) is 17.6. The van der Waals surface area contributed by atoms with Gasteiger partial charge in [0.2, 0.25) is 0 Å². The molecule has 0 spiro atoms. The van der Waals surface area contributed by atoms with Crippen LogP contribution in [0.5, 0.6) is 17.2 Å². The van der Waals surface area contributed by atoms with Crippen LogP contribution < -0.4 is 9.47 Å². The molecule has 124 valence electrons. The molecule has 0 aliphatic heterocycles. The number of phenolic OH excluding ortho intramolecular Hbond substituents is 1.